The minimum absolute atomic E-state index is 0. The van der Waals surface area contributed by atoms with Crippen LogP contribution in [0.3, 0.4) is 0 Å². The van der Waals surface area contributed by atoms with Crippen molar-refractivity contribution in [2.45, 2.75) is 63.3 Å². The molecular formula is C23H34ClN3O3. The summed E-state index contributed by atoms with van der Waals surface area (Å²) in [6.45, 7) is 5.48. The summed E-state index contributed by atoms with van der Waals surface area (Å²) in [5.74, 6) is 4.55. The molecule has 2 amide bonds. The summed E-state index contributed by atoms with van der Waals surface area (Å²) in [4.78, 5) is 27.3. The maximum absolute atomic E-state index is 13.0. The smallest absolute Gasteiger partial charge is 0.237 e. The van der Waals surface area contributed by atoms with Crippen LogP contribution in [0.1, 0.15) is 68.8 Å². The molecule has 4 fully saturated rings. The molecule has 6 unspecified atom stereocenters. The molecular weight excluding hydrogens is 402 g/mol. The lowest BCUT2D eigenvalue weighted by Crippen LogP contribution is -2.47. The summed E-state index contributed by atoms with van der Waals surface area (Å²) in [5.41, 5.74) is 0. The van der Waals surface area contributed by atoms with Gasteiger partial charge in [-0.2, -0.15) is 0 Å². The van der Waals surface area contributed by atoms with Crippen molar-refractivity contribution >= 4 is 24.2 Å². The average Bonchev–Trinajstić information content (AvgIpc) is 3.52. The van der Waals surface area contributed by atoms with Gasteiger partial charge < -0.3 is 20.0 Å². The summed E-state index contributed by atoms with van der Waals surface area (Å²) in [6, 6.07) is 4.17. The third kappa shape index (κ3) is 4.54. The lowest BCUT2D eigenvalue weighted by Gasteiger charge is -2.33. The normalized spacial score (nSPS) is 34.9. The molecule has 2 saturated heterocycles. The molecule has 5 rings (SSSR count). The van der Waals surface area contributed by atoms with Crippen LogP contribution in [0, 0.1) is 17.8 Å². The fourth-order valence-electron chi connectivity index (χ4n) is 5.21. The molecule has 2 aliphatic carbocycles. The van der Waals surface area contributed by atoms with Gasteiger partial charge in [0, 0.05) is 37.4 Å². The number of hydrogen-bond acceptors (Lipinski definition) is 4. The Morgan fingerprint density at radius 2 is 1.93 bits per heavy atom. The number of carbonyl (C=O) groups excluding carboxylic acids is 2. The van der Waals surface area contributed by atoms with Gasteiger partial charge in [-0.05, 0) is 69.0 Å². The minimum Gasteiger partial charge on any atom is -0.465 e. The monoisotopic (exact) mass is 435 g/mol. The molecule has 3 heterocycles. The van der Waals surface area contributed by atoms with E-state index in [2.05, 4.69) is 29.7 Å². The topological polar surface area (TPSA) is 74.6 Å². The number of hydrogen-bond donors (Lipinski definition) is 2. The van der Waals surface area contributed by atoms with Crippen molar-refractivity contribution in [3.8, 4) is 0 Å². The molecule has 2 saturated carbocycles. The second kappa shape index (κ2) is 8.91. The SMILES string of the molecule is CC1CC1c1ccc(C2CC2C(=O)N2CCCC(CNC(=O)C3CCCN3)C2)o1.Cl. The molecule has 1 aromatic heterocycles. The van der Waals surface area contributed by atoms with E-state index < -0.39 is 0 Å². The second-order valence-electron chi connectivity index (χ2n) is 9.69. The van der Waals surface area contributed by atoms with E-state index in [0.29, 0.717) is 18.4 Å². The molecule has 0 radical (unpaired) electrons. The zero-order valence-electron chi connectivity index (χ0n) is 17.8. The zero-order valence-corrected chi connectivity index (χ0v) is 18.6. The maximum Gasteiger partial charge on any atom is 0.237 e. The predicted octanol–water partition coefficient (Wildman–Crippen LogP) is 3.04. The van der Waals surface area contributed by atoms with Gasteiger partial charge in [-0.15, -0.1) is 12.4 Å². The number of nitrogens with zero attached hydrogens (tertiary/aromatic N) is 1. The van der Waals surface area contributed by atoms with Gasteiger partial charge >= 0.3 is 0 Å². The number of rotatable bonds is 6. The first-order chi connectivity index (χ1) is 14.1. The fraction of sp³-hybridized carbons (Fsp3) is 0.739. The average molecular weight is 436 g/mol. The Labute approximate surface area is 184 Å². The molecule has 6 atom stereocenters. The molecule has 0 aromatic carbocycles. The van der Waals surface area contributed by atoms with Gasteiger partial charge in [-0.3, -0.25) is 9.59 Å². The van der Waals surface area contributed by atoms with Crippen LogP contribution in [0.5, 0.6) is 0 Å². The number of likely N-dealkylation sites (tertiary alicyclic amines) is 1. The Balaban J connectivity index is 0.00000218. The largest absolute Gasteiger partial charge is 0.465 e. The van der Waals surface area contributed by atoms with Crippen LogP contribution in [-0.4, -0.2) is 48.9 Å². The van der Waals surface area contributed by atoms with Crippen molar-refractivity contribution in [2.24, 2.45) is 17.8 Å². The van der Waals surface area contributed by atoms with Crippen LogP contribution in [0.25, 0.3) is 0 Å². The van der Waals surface area contributed by atoms with E-state index in [1.807, 2.05) is 4.90 Å². The fourth-order valence-corrected chi connectivity index (χ4v) is 5.21. The van der Waals surface area contributed by atoms with Crippen molar-refractivity contribution in [3.05, 3.63) is 23.7 Å². The third-order valence-corrected chi connectivity index (χ3v) is 7.37. The Bertz CT molecular complexity index is 775. The van der Waals surface area contributed by atoms with Crippen LogP contribution in [-0.2, 0) is 9.59 Å². The van der Waals surface area contributed by atoms with E-state index in [4.69, 9.17) is 4.42 Å². The minimum atomic E-state index is -0.0274. The lowest BCUT2D eigenvalue weighted by atomic mass is 9.97. The molecule has 0 spiro atoms. The summed E-state index contributed by atoms with van der Waals surface area (Å²) < 4.78 is 6.08. The van der Waals surface area contributed by atoms with Gasteiger partial charge in [-0.25, -0.2) is 0 Å². The highest BCUT2D eigenvalue weighted by atomic mass is 35.5. The van der Waals surface area contributed by atoms with E-state index in [0.717, 1.165) is 69.2 Å². The first kappa shape index (κ1) is 21.7. The van der Waals surface area contributed by atoms with Crippen molar-refractivity contribution in [1.29, 1.82) is 0 Å². The first-order valence-corrected chi connectivity index (χ1v) is 11.5. The number of nitrogens with one attached hydrogen (secondary N) is 2. The third-order valence-electron chi connectivity index (χ3n) is 7.37. The van der Waals surface area contributed by atoms with Gasteiger partial charge in [0.2, 0.25) is 11.8 Å². The highest BCUT2D eigenvalue weighted by Crippen LogP contribution is 2.52. The summed E-state index contributed by atoms with van der Waals surface area (Å²) in [6.07, 6.45) is 6.24. The highest BCUT2D eigenvalue weighted by Gasteiger charge is 2.48. The van der Waals surface area contributed by atoms with Crippen LogP contribution in [0.4, 0.5) is 0 Å². The van der Waals surface area contributed by atoms with Crippen molar-refractivity contribution in [3.63, 3.8) is 0 Å². The molecule has 30 heavy (non-hydrogen) atoms. The molecule has 2 N–H and O–H groups in total. The van der Waals surface area contributed by atoms with Crippen LogP contribution in [0.15, 0.2) is 16.5 Å². The Hall–Kier alpha value is -1.53. The van der Waals surface area contributed by atoms with Gasteiger partial charge in [0.1, 0.15) is 11.5 Å². The van der Waals surface area contributed by atoms with Crippen molar-refractivity contribution in [1.82, 2.24) is 15.5 Å². The molecule has 2 aliphatic heterocycles. The number of furan rings is 1. The highest BCUT2D eigenvalue weighted by molar-refractivity contribution is 5.85. The number of piperidine rings is 1. The number of carbonyl (C=O) groups is 2. The van der Waals surface area contributed by atoms with Crippen molar-refractivity contribution < 1.29 is 14.0 Å². The molecule has 7 heteroatoms. The molecule has 1 aromatic rings. The summed E-state index contributed by atoms with van der Waals surface area (Å²) in [7, 11) is 0. The molecule has 0 bridgehead atoms. The summed E-state index contributed by atoms with van der Waals surface area (Å²) >= 11 is 0. The van der Waals surface area contributed by atoms with Gasteiger partial charge in [0.15, 0.2) is 0 Å². The number of amides is 2. The van der Waals surface area contributed by atoms with E-state index in [9.17, 15) is 9.59 Å². The Morgan fingerprint density at radius 1 is 1.17 bits per heavy atom. The standard InChI is InChI=1S/C23H33N3O3.ClH/c1-14-10-16(14)20-6-7-21(29-20)17-11-18(17)23(28)26-9-3-4-15(13-26)12-25-22(27)19-5-2-8-24-19;/h6-7,14-19,24H,2-5,8-13H2,1H3,(H,25,27);1H. The lowest BCUT2D eigenvalue weighted by molar-refractivity contribution is -0.134. The first-order valence-electron chi connectivity index (χ1n) is 11.5. The zero-order chi connectivity index (χ0) is 20.0. The van der Waals surface area contributed by atoms with E-state index in [1.165, 1.54) is 6.42 Å². The Kier molecular flexibility index (Phi) is 6.44. The van der Waals surface area contributed by atoms with Crippen molar-refractivity contribution in [2.75, 3.05) is 26.2 Å². The van der Waals surface area contributed by atoms with Crippen LogP contribution < -0.4 is 10.6 Å². The summed E-state index contributed by atoms with van der Waals surface area (Å²) in [5, 5.41) is 6.35. The van der Waals surface area contributed by atoms with Gasteiger partial charge in [0.05, 0.1) is 6.04 Å². The number of halogens is 1. The van der Waals surface area contributed by atoms with Gasteiger partial charge in [-0.1, -0.05) is 6.92 Å². The maximum atomic E-state index is 13.0. The van der Waals surface area contributed by atoms with Crippen LogP contribution >= 0.6 is 12.4 Å². The molecule has 6 nitrogen and oxygen atoms in total. The second-order valence-corrected chi connectivity index (χ2v) is 9.69. The predicted molar refractivity (Wildman–Crippen MR) is 117 cm³/mol. The Morgan fingerprint density at radius 3 is 2.63 bits per heavy atom. The molecule has 166 valence electrons. The van der Waals surface area contributed by atoms with E-state index >= 15 is 0 Å². The molecule has 4 aliphatic rings. The quantitative estimate of drug-likeness (QED) is 0.720. The van der Waals surface area contributed by atoms with E-state index in [1.54, 1.807) is 0 Å². The van der Waals surface area contributed by atoms with Gasteiger partial charge in [0.25, 0.3) is 0 Å². The van der Waals surface area contributed by atoms with Crippen LogP contribution in [0.2, 0.25) is 0 Å². The van der Waals surface area contributed by atoms with E-state index in [-0.39, 0.29) is 42.1 Å².